The average Bonchev–Trinajstić information content (AvgIpc) is 2.98. The van der Waals surface area contributed by atoms with Crippen LogP contribution in [0.2, 0.25) is 10.0 Å². The number of carboxylic acids is 1. The molecule has 0 unspecified atom stereocenters. The van der Waals surface area contributed by atoms with Gasteiger partial charge in [-0.1, -0.05) is 23.2 Å². The predicted octanol–water partition coefficient (Wildman–Crippen LogP) is 3.81. The largest absolute Gasteiger partial charge is 0.481 e. The highest BCUT2D eigenvalue weighted by Gasteiger charge is 2.36. The van der Waals surface area contributed by atoms with E-state index in [2.05, 4.69) is 5.10 Å². The molecule has 0 radical (unpaired) electrons. The third-order valence-electron chi connectivity index (χ3n) is 4.82. The fraction of sp³-hybridized carbons (Fsp3) is 0.389. The second-order valence-corrected chi connectivity index (χ2v) is 7.32. The molecule has 2 aromatic rings. The molecule has 0 bridgehead atoms. The number of carbonyl (C=O) groups is 2. The minimum absolute atomic E-state index is 0.259. The van der Waals surface area contributed by atoms with Crippen LogP contribution in [-0.4, -0.2) is 44.3 Å². The molecule has 1 fully saturated rings. The monoisotopic (exact) mass is 395 g/mol. The molecule has 0 spiro atoms. The first kappa shape index (κ1) is 18.7. The van der Waals surface area contributed by atoms with Gasteiger partial charge in [-0.3, -0.25) is 9.59 Å². The number of likely N-dealkylation sites (tertiary alicyclic amines) is 1. The summed E-state index contributed by atoms with van der Waals surface area (Å²) in [7, 11) is 0. The highest BCUT2D eigenvalue weighted by Crippen LogP contribution is 2.27. The van der Waals surface area contributed by atoms with Gasteiger partial charge in [-0.2, -0.15) is 5.10 Å². The van der Waals surface area contributed by atoms with Gasteiger partial charge in [0.15, 0.2) is 5.69 Å². The van der Waals surface area contributed by atoms with E-state index in [1.54, 1.807) is 40.8 Å². The number of aromatic nitrogens is 2. The van der Waals surface area contributed by atoms with Crippen molar-refractivity contribution in [3.63, 3.8) is 0 Å². The first-order chi connectivity index (χ1) is 12.3. The molecule has 2 atom stereocenters. The summed E-state index contributed by atoms with van der Waals surface area (Å²) in [5, 5.41) is 14.6. The molecule has 1 saturated heterocycles. The Morgan fingerprint density at radius 1 is 1.23 bits per heavy atom. The summed E-state index contributed by atoms with van der Waals surface area (Å²) in [4.78, 5) is 25.9. The molecule has 26 heavy (non-hydrogen) atoms. The third kappa shape index (κ3) is 3.44. The zero-order valence-corrected chi connectivity index (χ0v) is 16.0. The maximum absolute atomic E-state index is 12.9. The summed E-state index contributed by atoms with van der Waals surface area (Å²) >= 11 is 12.0. The average molecular weight is 396 g/mol. The number of hydrogen-bond acceptors (Lipinski definition) is 3. The minimum Gasteiger partial charge on any atom is -0.481 e. The molecule has 138 valence electrons. The first-order valence-corrected chi connectivity index (χ1v) is 9.11. The zero-order chi connectivity index (χ0) is 19.0. The quantitative estimate of drug-likeness (QED) is 0.856. The van der Waals surface area contributed by atoms with Crippen molar-refractivity contribution >= 4 is 35.1 Å². The first-order valence-electron chi connectivity index (χ1n) is 8.35. The standard InChI is InChI=1S/C18H19Cl2N3O3/c1-10-8-16(21-23(10)12-5-6-14(19)15(20)9-12)17(24)22-7-3-4-13(11(22)2)18(25)26/h5-6,8-9,11,13H,3-4,7H2,1-2H3,(H,25,26)/t11-,13-/m1/s1. The number of benzene rings is 1. The lowest BCUT2D eigenvalue weighted by Crippen LogP contribution is -2.49. The highest BCUT2D eigenvalue weighted by molar-refractivity contribution is 6.42. The fourth-order valence-electron chi connectivity index (χ4n) is 3.36. The summed E-state index contributed by atoms with van der Waals surface area (Å²) in [6.07, 6.45) is 1.25. The van der Waals surface area contributed by atoms with Crippen LogP contribution in [0.1, 0.15) is 35.9 Å². The molecule has 1 aromatic carbocycles. The van der Waals surface area contributed by atoms with Crippen molar-refractivity contribution < 1.29 is 14.7 Å². The molecule has 1 N–H and O–H groups in total. The van der Waals surface area contributed by atoms with Crippen molar-refractivity contribution in [3.05, 3.63) is 45.7 Å². The second-order valence-electron chi connectivity index (χ2n) is 6.51. The lowest BCUT2D eigenvalue weighted by atomic mass is 9.90. The number of carboxylic acid groups (broad SMARTS) is 1. The Labute approximate surface area is 161 Å². The number of hydrogen-bond donors (Lipinski definition) is 1. The van der Waals surface area contributed by atoms with Crippen molar-refractivity contribution in [2.75, 3.05) is 6.54 Å². The van der Waals surface area contributed by atoms with Crippen molar-refractivity contribution in [1.29, 1.82) is 0 Å². The summed E-state index contributed by atoms with van der Waals surface area (Å²) < 4.78 is 1.62. The Morgan fingerprint density at radius 3 is 2.62 bits per heavy atom. The number of piperidine rings is 1. The zero-order valence-electron chi connectivity index (χ0n) is 14.4. The van der Waals surface area contributed by atoms with Crippen LogP contribution in [-0.2, 0) is 4.79 Å². The molecule has 1 aliphatic rings. The van der Waals surface area contributed by atoms with E-state index in [0.717, 1.165) is 5.69 Å². The van der Waals surface area contributed by atoms with Gasteiger partial charge in [0.05, 0.1) is 21.7 Å². The SMILES string of the molecule is Cc1cc(C(=O)N2CCC[C@@H](C(=O)O)[C@H]2C)nn1-c1ccc(Cl)c(Cl)c1. The molecule has 6 nitrogen and oxygen atoms in total. The number of aliphatic carboxylic acids is 1. The van der Waals surface area contributed by atoms with Gasteiger partial charge in [-0.05, 0) is 51.0 Å². The van der Waals surface area contributed by atoms with Crippen LogP contribution in [0.25, 0.3) is 5.69 Å². The van der Waals surface area contributed by atoms with Crippen LogP contribution in [0.15, 0.2) is 24.3 Å². The van der Waals surface area contributed by atoms with Crippen molar-refractivity contribution in [2.24, 2.45) is 5.92 Å². The van der Waals surface area contributed by atoms with Crippen LogP contribution in [0.5, 0.6) is 0 Å². The van der Waals surface area contributed by atoms with Crippen LogP contribution < -0.4 is 0 Å². The molecule has 2 heterocycles. The lowest BCUT2D eigenvalue weighted by Gasteiger charge is -2.37. The molecule has 1 aliphatic heterocycles. The van der Waals surface area contributed by atoms with Gasteiger partial charge in [0, 0.05) is 18.3 Å². The topological polar surface area (TPSA) is 75.4 Å². The van der Waals surface area contributed by atoms with Gasteiger partial charge >= 0.3 is 5.97 Å². The van der Waals surface area contributed by atoms with E-state index in [1.807, 2.05) is 6.92 Å². The summed E-state index contributed by atoms with van der Waals surface area (Å²) in [5.41, 5.74) is 1.75. The van der Waals surface area contributed by atoms with Gasteiger partial charge in [-0.25, -0.2) is 4.68 Å². The molecule has 3 rings (SSSR count). The molecular formula is C18H19Cl2N3O3. The third-order valence-corrected chi connectivity index (χ3v) is 5.56. The Bertz CT molecular complexity index is 865. The van der Waals surface area contributed by atoms with E-state index >= 15 is 0 Å². The van der Waals surface area contributed by atoms with Crippen LogP contribution in [0.3, 0.4) is 0 Å². The molecule has 0 aliphatic carbocycles. The van der Waals surface area contributed by atoms with E-state index in [-0.39, 0.29) is 17.6 Å². The lowest BCUT2D eigenvalue weighted by molar-refractivity contribution is -0.144. The van der Waals surface area contributed by atoms with Crippen molar-refractivity contribution in [3.8, 4) is 5.69 Å². The molecule has 0 saturated carbocycles. The van der Waals surface area contributed by atoms with E-state index < -0.39 is 11.9 Å². The Morgan fingerprint density at radius 2 is 1.96 bits per heavy atom. The van der Waals surface area contributed by atoms with Gasteiger partial charge in [0.2, 0.25) is 0 Å². The minimum atomic E-state index is -0.868. The number of nitrogens with zero attached hydrogens (tertiary/aromatic N) is 3. The number of amides is 1. The summed E-state index contributed by atoms with van der Waals surface area (Å²) in [5.74, 6) is -1.68. The highest BCUT2D eigenvalue weighted by atomic mass is 35.5. The van der Waals surface area contributed by atoms with E-state index in [1.165, 1.54) is 0 Å². The Kier molecular flexibility index (Phi) is 5.25. The summed E-state index contributed by atoms with van der Waals surface area (Å²) in [6.45, 7) is 4.15. The number of aryl methyl sites for hydroxylation is 1. The maximum Gasteiger partial charge on any atom is 0.308 e. The predicted molar refractivity (Wildman–Crippen MR) is 99.2 cm³/mol. The number of halogens is 2. The maximum atomic E-state index is 12.9. The van der Waals surface area contributed by atoms with Crippen molar-refractivity contribution in [1.82, 2.24) is 14.7 Å². The van der Waals surface area contributed by atoms with E-state index in [9.17, 15) is 14.7 Å². The van der Waals surface area contributed by atoms with E-state index in [0.29, 0.717) is 35.1 Å². The Hall–Kier alpha value is -2.05. The van der Waals surface area contributed by atoms with Crippen LogP contribution >= 0.6 is 23.2 Å². The van der Waals surface area contributed by atoms with Crippen LogP contribution in [0.4, 0.5) is 0 Å². The van der Waals surface area contributed by atoms with Gasteiger partial charge in [0.25, 0.3) is 5.91 Å². The molecule has 1 amide bonds. The van der Waals surface area contributed by atoms with Gasteiger partial charge in [-0.15, -0.1) is 0 Å². The number of carbonyl (C=O) groups excluding carboxylic acids is 1. The van der Waals surface area contributed by atoms with Gasteiger partial charge < -0.3 is 10.0 Å². The smallest absolute Gasteiger partial charge is 0.308 e. The normalized spacial score (nSPS) is 20.2. The molecular weight excluding hydrogens is 377 g/mol. The van der Waals surface area contributed by atoms with Gasteiger partial charge in [0.1, 0.15) is 0 Å². The molecule has 8 heteroatoms. The molecule has 1 aromatic heterocycles. The van der Waals surface area contributed by atoms with Crippen molar-refractivity contribution in [2.45, 2.75) is 32.7 Å². The summed E-state index contributed by atoms with van der Waals surface area (Å²) in [6, 6.07) is 6.45. The van der Waals surface area contributed by atoms with Crippen LogP contribution in [0, 0.1) is 12.8 Å². The Balaban J connectivity index is 1.89. The van der Waals surface area contributed by atoms with E-state index in [4.69, 9.17) is 23.2 Å². The fourth-order valence-corrected chi connectivity index (χ4v) is 3.66. The second kappa shape index (κ2) is 7.29. The number of rotatable bonds is 3.